The summed E-state index contributed by atoms with van der Waals surface area (Å²) in [5.74, 6) is -0.535. The van der Waals surface area contributed by atoms with Gasteiger partial charge in [-0.25, -0.2) is 0 Å². The minimum atomic E-state index is -3.65. The van der Waals surface area contributed by atoms with Crippen molar-refractivity contribution in [2.24, 2.45) is 5.92 Å². The van der Waals surface area contributed by atoms with Crippen molar-refractivity contribution in [1.82, 2.24) is 0 Å². The van der Waals surface area contributed by atoms with Crippen molar-refractivity contribution in [3.63, 3.8) is 0 Å². The van der Waals surface area contributed by atoms with E-state index < -0.39 is 6.29 Å². The highest BCUT2D eigenvalue weighted by atomic mass is 19.3. The molecular weight excluding hydrogens is 260 g/mol. The van der Waals surface area contributed by atoms with Gasteiger partial charge in [-0.2, -0.15) is 0 Å². The number of halogens is 2. The summed E-state index contributed by atoms with van der Waals surface area (Å²) in [5, 5.41) is 2.64. The molecule has 102 valence electrons. The highest BCUT2D eigenvalue weighted by Crippen LogP contribution is 2.42. The van der Waals surface area contributed by atoms with Gasteiger partial charge in [0.1, 0.15) is 0 Å². The van der Waals surface area contributed by atoms with Crippen molar-refractivity contribution in [3.8, 4) is 11.5 Å². The van der Waals surface area contributed by atoms with Gasteiger partial charge >= 0.3 is 6.29 Å². The fourth-order valence-electron chi connectivity index (χ4n) is 2.01. The number of benzene rings is 1. The maximum atomic E-state index is 12.8. The van der Waals surface area contributed by atoms with Crippen molar-refractivity contribution >= 4 is 11.6 Å². The molecule has 1 amide bonds. The number of rotatable bonds is 2. The second kappa shape index (κ2) is 4.34. The Labute approximate surface area is 107 Å². The molecule has 1 atom stereocenters. The summed E-state index contributed by atoms with van der Waals surface area (Å²) in [6.07, 6.45) is -2.99. The molecule has 0 aromatic heterocycles. The van der Waals surface area contributed by atoms with Crippen LogP contribution in [-0.2, 0) is 9.53 Å². The van der Waals surface area contributed by atoms with Crippen LogP contribution in [0.3, 0.4) is 0 Å². The van der Waals surface area contributed by atoms with Crippen LogP contribution in [0.1, 0.15) is 6.42 Å². The zero-order valence-corrected chi connectivity index (χ0v) is 9.82. The predicted octanol–water partition coefficient (Wildman–Crippen LogP) is 1.98. The van der Waals surface area contributed by atoms with Gasteiger partial charge in [-0.05, 0) is 18.6 Å². The molecule has 1 unspecified atom stereocenters. The second-order valence-electron chi connectivity index (χ2n) is 4.38. The van der Waals surface area contributed by atoms with Gasteiger partial charge < -0.3 is 19.5 Å². The maximum Gasteiger partial charge on any atom is 0.586 e. The molecule has 1 saturated heterocycles. The lowest BCUT2D eigenvalue weighted by molar-refractivity contribution is -0.286. The van der Waals surface area contributed by atoms with Gasteiger partial charge in [0.25, 0.3) is 0 Å². The van der Waals surface area contributed by atoms with E-state index in [2.05, 4.69) is 14.8 Å². The molecule has 2 heterocycles. The molecule has 1 fully saturated rings. The largest absolute Gasteiger partial charge is 0.586 e. The van der Waals surface area contributed by atoms with Gasteiger partial charge in [0.05, 0.1) is 12.5 Å². The Morgan fingerprint density at radius 1 is 1.32 bits per heavy atom. The third-order valence-electron chi connectivity index (χ3n) is 2.97. The van der Waals surface area contributed by atoms with Crippen LogP contribution >= 0.6 is 0 Å². The Morgan fingerprint density at radius 3 is 2.84 bits per heavy atom. The molecule has 0 aliphatic carbocycles. The molecule has 1 N–H and O–H groups in total. The van der Waals surface area contributed by atoms with Crippen molar-refractivity contribution in [3.05, 3.63) is 18.2 Å². The van der Waals surface area contributed by atoms with E-state index in [-0.39, 0.29) is 23.3 Å². The smallest absolute Gasteiger partial charge is 0.395 e. The van der Waals surface area contributed by atoms with E-state index in [4.69, 9.17) is 4.74 Å². The lowest BCUT2D eigenvalue weighted by atomic mass is 10.1. The molecule has 19 heavy (non-hydrogen) atoms. The lowest BCUT2D eigenvalue weighted by Gasteiger charge is -2.09. The summed E-state index contributed by atoms with van der Waals surface area (Å²) >= 11 is 0. The van der Waals surface area contributed by atoms with E-state index >= 15 is 0 Å². The zero-order valence-electron chi connectivity index (χ0n) is 9.82. The number of amides is 1. The number of fused-ring (bicyclic) bond motifs is 1. The Hall–Kier alpha value is -1.89. The van der Waals surface area contributed by atoms with Crippen molar-refractivity contribution in [2.45, 2.75) is 12.7 Å². The number of hydrogen-bond donors (Lipinski definition) is 1. The van der Waals surface area contributed by atoms with Crippen LogP contribution in [0, 0.1) is 5.92 Å². The van der Waals surface area contributed by atoms with Crippen molar-refractivity contribution in [1.29, 1.82) is 0 Å². The van der Waals surface area contributed by atoms with Crippen LogP contribution < -0.4 is 14.8 Å². The molecule has 7 heteroatoms. The first-order valence-corrected chi connectivity index (χ1v) is 5.82. The Morgan fingerprint density at radius 2 is 2.11 bits per heavy atom. The number of hydrogen-bond acceptors (Lipinski definition) is 4. The van der Waals surface area contributed by atoms with Gasteiger partial charge in [-0.15, -0.1) is 8.78 Å². The van der Waals surface area contributed by atoms with Gasteiger partial charge in [0.2, 0.25) is 5.91 Å². The second-order valence-corrected chi connectivity index (χ2v) is 4.38. The number of carbonyl (C=O) groups is 1. The standard InChI is InChI=1S/C12H11F2NO4/c13-12(14)18-9-2-1-8(5-10(9)19-12)15-11(16)7-3-4-17-6-7/h1-2,5,7H,3-4,6H2,(H,15,16). The van der Waals surface area contributed by atoms with E-state index in [1.165, 1.54) is 18.2 Å². The quantitative estimate of drug-likeness (QED) is 0.893. The molecule has 0 saturated carbocycles. The Bertz CT molecular complexity index is 514. The van der Waals surface area contributed by atoms with E-state index in [0.717, 1.165) is 0 Å². The summed E-state index contributed by atoms with van der Waals surface area (Å²) in [6, 6.07) is 4.12. The van der Waals surface area contributed by atoms with Crippen LogP contribution in [0.25, 0.3) is 0 Å². The van der Waals surface area contributed by atoms with Crippen LogP contribution in [0.5, 0.6) is 11.5 Å². The summed E-state index contributed by atoms with van der Waals surface area (Å²) < 4.78 is 39.3. The normalized spacial score (nSPS) is 23.4. The van der Waals surface area contributed by atoms with Gasteiger partial charge in [0, 0.05) is 18.4 Å². The average Bonchev–Trinajstić information content (AvgIpc) is 2.93. The SMILES string of the molecule is O=C(Nc1ccc2c(c1)OC(F)(F)O2)C1CCOC1. The van der Waals surface area contributed by atoms with Gasteiger partial charge in [-0.1, -0.05) is 0 Å². The third kappa shape index (κ3) is 2.46. The summed E-state index contributed by atoms with van der Waals surface area (Å²) in [5.41, 5.74) is 0.386. The predicted molar refractivity (Wildman–Crippen MR) is 60.2 cm³/mol. The van der Waals surface area contributed by atoms with Gasteiger partial charge in [-0.3, -0.25) is 4.79 Å². The molecule has 3 rings (SSSR count). The zero-order chi connectivity index (χ0) is 13.5. The van der Waals surface area contributed by atoms with E-state index in [9.17, 15) is 13.6 Å². The first-order chi connectivity index (χ1) is 9.03. The minimum absolute atomic E-state index is 0.0489. The summed E-state index contributed by atoms with van der Waals surface area (Å²) in [7, 11) is 0. The minimum Gasteiger partial charge on any atom is -0.395 e. The monoisotopic (exact) mass is 271 g/mol. The topological polar surface area (TPSA) is 56.8 Å². The van der Waals surface area contributed by atoms with Crippen molar-refractivity contribution < 1.29 is 27.8 Å². The number of anilines is 1. The average molecular weight is 271 g/mol. The molecule has 1 aromatic rings. The first kappa shape index (κ1) is 12.2. The number of carbonyl (C=O) groups excluding carboxylic acids is 1. The van der Waals surface area contributed by atoms with E-state index in [1.807, 2.05) is 0 Å². The Balaban J connectivity index is 1.71. The first-order valence-electron chi connectivity index (χ1n) is 5.82. The molecule has 0 radical (unpaired) electrons. The highest BCUT2D eigenvalue weighted by molar-refractivity contribution is 5.93. The van der Waals surface area contributed by atoms with Crippen molar-refractivity contribution in [2.75, 3.05) is 18.5 Å². The molecular formula is C12H11F2NO4. The van der Waals surface area contributed by atoms with E-state index in [1.54, 1.807) is 0 Å². The molecule has 2 aliphatic rings. The van der Waals surface area contributed by atoms with Crippen LogP contribution in [0.4, 0.5) is 14.5 Å². The maximum absolute atomic E-state index is 12.8. The van der Waals surface area contributed by atoms with Gasteiger partial charge in [0.15, 0.2) is 11.5 Å². The summed E-state index contributed by atoms with van der Waals surface area (Å²) in [6.45, 7) is 0.944. The molecule has 0 spiro atoms. The van der Waals surface area contributed by atoms with Crippen LogP contribution in [0.2, 0.25) is 0 Å². The molecule has 0 bridgehead atoms. The fraction of sp³-hybridized carbons (Fsp3) is 0.417. The number of ether oxygens (including phenoxy) is 3. The third-order valence-corrected chi connectivity index (χ3v) is 2.97. The number of nitrogens with one attached hydrogen (secondary N) is 1. The molecule has 1 aromatic carbocycles. The van der Waals surface area contributed by atoms with E-state index in [0.29, 0.717) is 25.3 Å². The lowest BCUT2D eigenvalue weighted by Crippen LogP contribution is -2.26. The highest BCUT2D eigenvalue weighted by Gasteiger charge is 2.43. The summed E-state index contributed by atoms with van der Waals surface area (Å²) in [4.78, 5) is 11.8. The molecule has 5 nitrogen and oxygen atoms in total. The Kier molecular flexibility index (Phi) is 2.78. The molecule has 2 aliphatic heterocycles. The fourth-order valence-corrected chi connectivity index (χ4v) is 2.01. The van der Waals surface area contributed by atoms with Crippen LogP contribution in [0.15, 0.2) is 18.2 Å². The number of alkyl halides is 2. The van der Waals surface area contributed by atoms with Crippen LogP contribution in [-0.4, -0.2) is 25.4 Å².